The molecule has 5 rings (SSSR count). The molecule has 8 nitrogen and oxygen atoms in total. The van der Waals surface area contributed by atoms with Crippen molar-refractivity contribution < 1.29 is 28.6 Å². The van der Waals surface area contributed by atoms with Crippen LogP contribution in [0.15, 0.2) is 96.6 Å². The number of aryl methyl sites for hydroxylation is 1. The van der Waals surface area contributed by atoms with E-state index in [4.69, 9.17) is 25.8 Å². The van der Waals surface area contributed by atoms with Gasteiger partial charge in [-0.3, -0.25) is 14.9 Å². The van der Waals surface area contributed by atoms with Crippen molar-refractivity contribution in [3.63, 3.8) is 0 Å². The molecule has 1 saturated heterocycles. The Hall–Kier alpha value is -5.08. The normalized spacial score (nSPS) is 14.1. The Labute approximate surface area is 254 Å². The van der Waals surface area contributed by atoms with Crippen LogP contribution < -0.4 is 24.4 Å². The molecule has 0 saturated carbocycles. The summed E-state index contributed by atoms with van der Waals surface area (Å²) >= 11 is 6.09. The molecule has 218 valence electrons. The van der Waals surface area contributed by atoms with Crippen molar-refractivity contribution in [3.8, 4) is 17.2 Å². The Morgan fingerprint density at radius 2 is 1.53 bits per heavy atom. The van der Waals surface area contributed by atoms with E-state index in [0.29, 0.717) is 52.3 Å². The van der Waals surface area contributed by atoms with Gasteiger partial charge in [0.15, 0.2) is 11.5 Å². The van der Waals surface area contributed by atoms with Crippen LogP contribution in [-0.2, 0) is 22.8 Å². The van der Waals surface area contributed by atoms with Gasteiger partial charge in [-0.15, -0.1) is 0 Å². The van der Waals surface area contributed by atoms with Crippen LogP contribution >= 0.6 is 11.6 Å². The van der Waals surface area contributed by atoms with E-state index >= 15 is 0 Å². The van der Waals surface area contributed by atoms with Crippen molar-refractivity contribution in [2.75, 3.05) is 11.5 Å². The molecule has 9 heteroatoms. The predicted octanol–water partition coefficient (Wildman–Crippen LogP) is 6.87. The summed E-state index contributed by atoms with van der Waals surface area (Å²) in [7, 11) is 0. The van der Waals surface area contributed by atoms with Crippen LogP contribution in [-0.4, -0.2) is 24.5 Å². The fourth-order valence-corrected chi connectivity index (χ4v) is 4.62. The maximum absolute atomic E-state index is 13.2. The summed E-state index contributed by atoms with van der Waals surface area (Å²) in [5.74, 6) is 0.375. The smallest absolute Gasteiger partial charge is 0.335 e. The number of urea groups is 1. The fourth-order valence-electron chi connectivity index (χ4n) is 4.46. The highest BCUT2D eigenvalue weighted by Gasteiger charge is 2.37. The minimum Gasteiger partial charge on any atom is -0.490 e. The van der Waals surface area contributed by atoms with E-state index in [-0.39, 0.29) is 12.2 Å². The van der Waals surface area contributed by atoms with E-state index in [1.807, 2.05) is 55.5 Å². The maximum Gasteiger partial charge on any atom is 0.335 e. The molecule has 0 bridgehead atoms. The lowest BCUT2D eigenvalue weighted by Crippen LogP contribution is -2.54. The number of barbiturate groups is 1. The zero-order chi connectivity index (χ0) is 30.3. The van der Waals surface area contributed by atoms with Gasteiger partial charge in [0.05, 0.1) is 12.3 Å². The molecular formula is C34H29ClN2O6. The third-order valence-electron chi connectivity index (χ3n) is 6.66. The first-order valence-electron chi connectivity index (χ1n) is 13.7. The van der Waals surface area contributed by atoms with Gasteiger partial charge in [0.25, 0.3) is 11.8 Å². The molecule has 4 amide bonds. The van der Waals surface area contributed by atoms with Gasteiger partial charge in [0.1, 0.15) is 24.5 Å². The second-order valence-electron chi connectivity index (χ2n) is 9.73. The molecule has 1 aliphatic rings. The number of imide groups is 2. The molecule has 43 heavy (non-hydrogen) atoms. The molecule has 0 atom stereocenters. The van der Waals surface area contributed by atoms with Gasteiger partial charge in [0.2, 0.25) is 0 Å². The molecule has 1 N–H and O–H groups in total. The molecule has 0 radical (unpaired) electrons. The second kappa shape index (κ2) is 13.3. The number of halogens is 1. The monoisotopic (exact) mass is 596 g/mol. The lowest BCUT2D eigenvalue weighted by Gasteiger charge is -2.27. The number of hydrogen-bond acceptors (Lipinski definition) is 6. The summed E-state index contributed by atoms with van der Waals surface area (Å²) in [5.41, 5.74) is 3.33. The number of rotatable bonds is 10. The Morgan fingerprint density at radius 3 is 2.28 bits per heavy atom. The minimum absolute atomic E-state index is 0.175. The quantitative estimate of drug-likeness (QED) is 0.159. The Bertz CT molecular complexity index is 1690. The first-order valence-corrected chi connectivity index (χ1v) is 14.0. The van der Waals surface area contributed by atoms with E-state index in [0.717, 1.165) is 16.0 Å². The van der Waals surface area contributed by atoms with Gasteiger partial charge in [-0.25, -0.2) is 9.69 Å². The lowest BCUT2D eigenvalue weighted by atomic mass is 10.1. The van der Waals surface area contributed by atoms with E-state index in [1.165, 1.54) is 12.1 Å². The number of carbonyl (C=O) groups excluding carboxylic acids is 3. The number of carbonyl (C=O) groups is 3. The molecule has 0 spiro atoms. The number of benzene rings is 4. The van der Waals surface area contributed by atoms with Crippen molar-refractivity contribution in [3.05, 3.63) is 124 Å². The zero-order valence-electron chi connectivity index (χ0n) is 23.6. The summed E-state index contributed by atoms with van der Waals surface area (Å²) < 4.78 is 17.7. The molecular weight excluding hydrogens is 568 g/mol. The van der Waals surface area contributed by atoms with E-state index < -0.39 is 17.8 Å². The fraction of sp³-hybridized carbons (Fsp3) is 0.147. The van der Waals surface area contributed by atoms with Crippen molar-refractivity contribution >= 4 is 41.2 Å². The highest BCUT2D eigenvalue weighted by atomic mass is 35.5. The average molecular weight is 597 g/mol. The van der Waals surface area contributed by atoms with E-state index in [1.54, 1.807) is 43.3 Å². The van der Waals surface area contributed by atoms with Crippen LogP contribution in [0.25, 0.3) is 6.08 Å². The summed E-state index contributed by atoms with van der Waals surface area (Å²) in [5, 5.41) is 2.59. The molecule has 0 aliphatic carbocycles. The van der Waals surface area contributed by atoms with Crippen LogP contribution in [0.3, 0.4) is 0 Å². The van der Waals surface area contributed by atoms with Crippen LogP contribution in [0.1, 0.15) is 29.2 Å². The van der Waals surface area contributed by atoms with E-state index in [2.05, 4.69) is 5.32 Å². The summed E-state index contributed by atoms with van der Waals surface area (Å²) in [6.45, 7) is 4.88. The lowest BCUT2D eigenvalue weighted by molar-refractivity contribution is -0.122. The first kappa shape index (κ1) is 29.4. The predicted molar refractivity (Wildman–Crippen MR) is 164 cm³/mol. The maximum atomic E-state index is 13.2. The zero-order valence-corrected chi connectivity index (χ0v) is 24.4. The molecule has 1 fully saturated rings. The number of hydrogen-bond donors (Lipinski definition) is 1. The van der Waals surface area contributed by atoms with Gasteiger partial charge in [-0.05, 0) is 78.6 Å². The van der Waals surface area contributed by atoms with Crippen molar-refractivity contribution in [2.45, 2.75) is 27.1 Å². The Balaban J connectivity index is 1.26. The highest BCUT2D eigenvalue weighted by molar-refractivity contribution is 6.39. The van der Waals surface area contributed by atoms with Gasteiger partial charge in [-0.1, -0.05) is 66.2 Å². The second-order valence-corrected chi connectivity index (χ2v) is 10.2. The van der Waals surface area contributed by atoms with Gasteiger partial charge in [-0.2, -0.15) is 0 Å². The SMILES string of the molecule is CCOc1cc(COc2ccc(/C=C3\C(=O)NC(=O)N(c4cc(Cl)ccc4C)C3=O)cc2)ccc1OCc1ccccc1. The molecule has 1 aliphatic heterocycles. The van der Waals surface area contributed by atoms with Crippen molar-refractivity contribution in [1.82, 2.24) is 5.32 Å². The molecule has 1 heterocycles. The van der Waals surface area contributed by atoms with Gasteiger partial charge < -0.3 is 14.2 Å². The minimum atomic E-state index is -0.829. The average Bonchev–Trinajstić information content (AvgIpc) is 3.00. The van der Waals surface area contributed by atoms with Crippen LogP contribution in [0.2, 0.25) is 5.02 Å². The van der Waals surface area contributed by atoms with Crippen LogP contribution in [0.5, 0.6) is 17.2 Å². The third-order valence-corrected chi connectivity index (χ3v) is 6.89. The number of anilines is 1. The topological polar surface area (TPSA) is 94.2 Å². The van der Waals surface area contributed by atoms with Crippen molar-refractivity contribution in [2.24, 2.45) is 0 Å². The van der Waals surface area contributed by atoms with Crippen LogP contribution in [0, 0.1) is 6.92 Å². The number of amides is 4. The van der Waals surface area contributed by atoms with E-state index in [9.17, 15) is 14.4 Å². The molecule has 0 unspecified atom stereocenters. The summed E-state index contributed by atoms with van der Waals surface area (Å²) in [4.78, 5) is 39.3. The van der Waals surface area contributed by atoms with Crippen LogP contribution in [0.4, 0.5) is 10.5 Å². The van der Waals surface area contributed by atoms with Gasteiger partial charge in [0, 0.05) is 5.02 Å². The summed E-state index contributed by atoms with van der Waals surface area (Å²) in [6, 6.07) is 26.6. The number of ether oxygens (including phenoxy) is 3. The Morgan fingerprint density at radius 1 is 0.791 bits per heavy atom. The molecule has 4 aromatic carbocycles. The standard InChI is InChI=1S/C34H29ClN2O6/c1-3-41-31-18-25(12-16-30(31)43-20-24-7-5-4-6-8-24)21-42-27-14-10-23(11-15-27)17-28-32(38)36-34(40)37(33(28)39)29-19-26(35)13-9-22(29)2/h4-19H,3,20-21H2,1-2H3,(H,36,38,40)/b28-17+. The molecule has 0 aromatic heterocycles. The highest BCUT2D eigenvalue weighted by Crippen LogP contribution is 2.31. The summed E-state index contributed by atoms with van der Waals surface area (Å²) in [6.07, 6.45) is 1.43. The number of nitrogens with one attached hydrogen (secondary N) is 1. The largest absolute Gasteiger partial charge is 0.490 e. The number of nitrogens with zero attached hydrogens (tertiary/aromatic N) is 1. The first-order chi connectivity index (χ1) is 20.8. The third kappa shape index (κ3) is 7.05. The van der Waals surface area contributed by atoms with Crippen molar-refractivity contribution in [1.29, 1.82) is 0 Å². The van der Waals surface area contributed by atoms with Gasteiger partial charge >= 0.3 is 6.03 Å². The Kier molecular flexibility index (Phi) is 9.08. The molecule has 4 aromatic rings.